The van der Waals surface area contributed by atoms with Gasteiger partial charge < -0.3 is 5.11 Å². The summed E-state index contributed by atoms with van der Waals surface area (Å²) < 4.78 is 44.6. The number of sulfonamides is 1. The molecule has 6 rings (SSSR count). The van der Waals surface area contributed by atoms with Gasteiger partial charge in [-0.25, -0.2) is 22.2 Å². The van der Waals surface area contributed by atoms with E-state index in [1.165, 1.54) is 31.6 Å². The van der Waals surface area contributed by atoms with E-state index in [1.54, 1.807) is 12.1 Å². The second-order valence-electron chi connectivity index (χ2n) is 8.11. The highest BCUT2D eigenvalue weighted by Crippen LogP contribution is 2.50. The van der Waals surface area contributed by atoms with Crippen molar-refractivity contribution in [1.29, 1.82) is 0 Å². The van der Waals surface area contributed by atoms with Crippen LogP contribution in [0.15, 0.2) is 76.4 Å². The largest absolute Gasteiger partial charge is 0.493 e. The predicted octanol–water partition coefficient (Wildman–Crippen LogP) is 3.33. The van der Waals surface area contributed by atoms with E-state index in [1.807, 2.05) is 30.3 Å². The van der Waals surface area contributed by atoms with Crippen molar-refractivity contribution in [2.45, 2.75) is 23.4 Å². The van der Waals surface area contributed by atoms with Crippen LogP contribution in [0.2, 0.25) is 0 Å². The molecule has 4 aromatic rings. The molecule has 162 valence electrons. The standard InChI is InChI=1S/C23H18FN3O4S/c24-17-9-3-4-11-20(17)32(30,31)25-13-15-12-19(25)21-22(28)27(23(29)26(15)21)18-10-5-7-14-6-1-2-8-16(14)18/h1-11,15,19,28H,12-13H2/t15-,19?/m1/s1. The molecule has 3 aromatic carbocycles. The molecule has 1 saturated heterocycles. The average Bonchev–Trinajstić information content (AvgIpc) is 3.45. The highest BCUT2D eigenvalue weighted by atomic mass is 32.2. The van der Waals surface area contributed by atoms with Crippen LogP contribution in [0, 0.1) is 5.82 Å². The molecule has 1 N–H and O–H groups in total. The first kappa shape index (κ1) is 19.3. The van der Waals surface area contributed by atoms with Gasteiger partial charge in [-0.15, -0.1) is 0 Å². The summed E-state index contributed by atoms with van der Waals surface area (Å²) in [5, 5.41) is 12.8. The first-order valence-electron chi connectivity index (χ1n) is 10.2. The lowest BCUT2D eigenvalue weighted by Gasteiger charge is -2.27. The van der Waals surface area contributed by atoms with Gasteiger partial charge in [0.1, 0.15) is 16.4 Å². The van der Waals surface area contributed by atoms with Crippen LogP contribution in [0.1, 0.15) is 24.2 Å². The zero-order valence-corrected chi connectivity index (χ0v) is 17.5. The highest BCUT2D eigenvalue weighted by Gasteiger charge is 2.52. The minimum Gasteiger partial charge on any atom is -0.493 e. The van der Waals surface area contributed by atoms with Gasteiger partial charge in [0.15, 0.2) is 0 Å². The van der Waals surface area contributed by atoms with Crippen LogP contribution in [0.25, 0.3) is 16.5 Å². The molecule has 3 heterocycles. The minimum atomic E-state index is -4.14. The Kier molecular flexibility index (Phi) is 3.94. The third kappa shape index (κ3) is 2.43. The maximum atomic E-state index is 14.3. The van der Waals surface area contributed by atoms with E-state index in [2.05, 4.69) is 0 Å². The lowest BCUT2D eigenvalue weighted by Crippen LogP contribution is -2.38. The quantitative estimate of drug-likeness (QED) is 0.518. The van der Waals surface area contributed by atoms with E-state index in [-0.39, 0.29) is 18.1 Å². The molecular weight excluding hydrogens is 433 g/mol. The Morgan fingerprint density at radius 1 is 0.969 bits per heavy atom. The normalized spacial score (nSPS) is 20.2. The lowest BCUT2D eigenvalue weighted by molar-refractivity contribution is 0.341. The summed E-state index contributed by atoms with van der Waals surface area (Å²) >= 11 is 0. The Morgan fingerprint density at radius 3 is 2.50 bits per heavy atom. The fourth-order valence-corrected chi connectivity index (χ4v) is 6.78. The van der Waals surface area contributed by atoms with Crippen LogP contribution in [-0.2, 0) is 10.0 Å². The SMILES string of the molecule is O=c1n(-c2cccc3ccccc23)c(O)c2n1[C@@H]1CC2N(S(=O)(=O)c2ccccc2F)C1. The second-order valence-corrected chi connectivity index (χ2v) is 9.96. The molecule has 0 aliphatic carbocycles. The minimum absolute atomic E-state index is 0.0488. The Labute approximate surface area is 182 Å². The number of aromatic nitrogens is 2. The van der Waals surface area contributed by atoms with Gasteiger partial charge in [0.05, 0.1) is 17.8 Å². The van der Waals surface area contributed by atoms with E-state index in [9.17, 15) is 22.7 Å². The smallest absolute Gasteiger partial charge is 0.336 e. The molecule has 0 radical (unpaired) electrons. The molecule has 0 amide bonds. The molecule has 2 aliphatic heterocycles. The average molecular weight is 451 g/mol. The highest BCUT2D eigenvalue weighted by molar-refractivity contribution is 7.89. The van der Waals surface area contributed by atoms with Crippen molar-refractivity contribution >= 4 is 20.8 Å². The van der Waals surface area contributed by atoms with Gasteiger partial charge in [-0.1, -0.05) is 48.5 Å². The molecule has 9 heteroatoms. The third-order valence-corrected chi connectivity index (χ3v) is 8.35. The Hall–Kier alpha value is -3.43. The molecule has 2 aliphatic rings. The molecule has 32 heavy (non-hydrogen) atoms. The summed E-state index contributed by atoms with van der Waals surface area (Å²) in [5.41, 5.74) is 0.360. The first-order valence-corrected chi connectivity index (χ1v) is 11.6. The third-order valence-electron chi connectivity index (χ3n) is 6.44. The zero-order valence-electron chi connectivity index (χ0n) is 16.7. The number of halogens is 1. The summed E-state index contributed by atoms with van der Waals surface area (Å²) in [7, 11) is -4.14. The molecule has 0 saturated carbocycles. The maximum Gasteiger partial charge on any atom is 0.336 e. The number of imidazole rings is 1. The molecule has 0 spiro atoms. The number of hydrogen-bond acceptors (Lipinski definition) is 4. The van der Waals surface area contributed by atoms with Crippen molar-refractivity contribution in [2.75, 3.05) is 6.54 Å². The van der Waals surface area contributed by atoms with Crippen LogP contribution >= 0.6 is 0 Å². The van der Waals surface area contributed by atoms with Gasteiger partial charge in [-0.05, 0) is 30.0 Å². The van der Waals surface area contributed by atoms with Gasteiger partial charge in [-0.3, -0.25) is 4.57 Å². The van der Waals surface area contributed by atoms with Crippen LogP contribution in [-0.4, -0.2) is 33.5 Å². The molecule has 2 bridgehead atoms. The van der Waals surface area contributed by atoms with Crippen molar-refractivity contribution in [3.05, 3.63) is 88.7 Å². The van der Waals surface area contributed by atoms with Gasteiger partial charge >= 0.3 is 5.69 Å². The van der Waals surface area contributed by atoms with Crippen molar-refractivity contribution in [3.8, 4) is 11.6 Å². The summed E-state index contributed by atoms with van der Waals surface area (Å²) in [6.45, 7) is 0.0488. The second kappa shape index (κ2) is 6.54. The Bertz CT molecular complexity index is 1570. The van der Waals surface area contributed by atoms with Crippen molar-refractivity contribution < 1.29 is 17.9 Å². The summed E-state index contributed by atoms with van der Waals surface area (Å²) in [5.74, 6) is -1.11. The van der Waals surface area contributed by atoms with Crippen molar-refractivity contribution in [2.24, 2.45) is 0 Å². The topological polar surface area (TPSA) is 84.5 Å². The zero-order chi connectivity index (χ0) is 22.2. The monoisotopic (exact) mass is 451 g/mol. The molecule has 2 atom stereocenters. The molecular formula is C23H18FN3O4S. The molecule has 7 nitrogen and oxygen atoms in total. The van der Waals surface area contributed by atoms with Gasteiger partial charge in [-0.2, -0.15) is 4.31 Å². The number of rotatable bonds is 3. The number of fused-ring (bicyclic) bond motifs is 6. The van der Waals surface area contributed by atoms with Crippen LogP contribution in [0.5, 0.6) is 5.88 Å². The van der Waals surface area contributed by atoms with E-state index in [4.69, 9.17) is 0 Å². The number of aromatic hydroxyl groups is 1. The maximum absolute atomic E-state index is 14.3. The van der Waals surface area contributed by atoms with E-state index in [0.29, 0.717) is 12.1 Å². The number of benzene rings is 3. The van der Waals surface area contributed by atoms with E-state index in [0.717, 1.165) is 16.8 Å². The van der Waals surface area contributed by atoms with Crippen LogP contribution in [0.3, 0.4) is 0 Å². The van der Waals surface area contributed by atoms with Crippen LogP contribution in [0.4, 0.5) is 4.39 Å². The Balaban J connectivity index is 1.51. The summed E-state index contributed by atoms with van der Waals surface area (Å²) in [6.07, 6.45) is 0.363. The first-order chi connectivity index (χ1) is 15.4. The number of hydrogen-bond donors (Lipinski definition) is 1. The fourth-order valence-electron chi connectivity index (χ4n) is 5.07. The molecule has 1 unspecified atom stereocenters. The fraction of sp³-hybridized carbons (Fsp3) is 0.174. The lowest BCUT2D eigenvalue weighted by atomic mass is 10.1. The number of nitrogens with zero attached hydrogens (tertiary/aromatic N) is 3. The van der Waals surface area contributed by atoms with Crippen molar-refractivity contribution in [3.63, 3.8) is 0 Å². The summed E-state index contributed by atoms with van der Waals surface area (Å²) in [4.78, 5) is 12.9. The van der Waals surface area contributed by atoms with E-state index < -0.39 is 38.5 Å². The molecule has 1 aromatic heterocycles. The Morgan fingerprint density at radius 2 is 1.69 bits per heavy atom. The predicted molar refractivity (Wildman–Crippen MR) is 116 cm³/mol. The van der Waals surface area contributed by atoms with Gasteiger partial charge in [0.25, 0.3) is 0 Å². The summed E-state index contributed by atoms with van der Waals surface area (Å²) in [6, 6.07) is 17.0. The van der Waals surface area contributed by atoms with Gasteiger partial charge in [0.2, 0.25) is 15.9 Å². The van der Waals surface area contributed by atoms with Gasteiger partial charge in [0, 0.05) is 11.9 Å². The van der Waals surface area contributed by atoms with Crippen LogP contribution < -0.4 is 5.69 Å². The van der Waals surface area contributed by atoms with E-state index >= 15 is 0 Å². The molecule has 1 fully saturated rings. The van der Waals surface area contributed by atoms with Crippen molar-refractivity contribution in [1.82, 2.24) is 13.4 Å².